The number of ether oxygens (including phenoxy) is 1. The van der Waals surface area contributed by atoms with E-state index in [0.717, 1.165) is 10.0 Å². The maximum absolute atomic E-state index is 12.8. The molecule has 0 bridgehead atoms. The number of carbonyl (C=O) groups is 2. The molecule has 3 amide bonds. The molecular weight excluding hydrogens is 498 g/mol. The molecule has 1 aliphatic rings. The quantitative estimate of drug-likeness (QED) is 0.427. The highest BCUT2D eigenvalue weighted by molar-refractivity contribution is 9.10. The number of methoxy groups -OCH3 is 1. The van der Waals surface area contributed by atoms with E-state index >= 15 is 0 Å². The summed E-state index contributed by atoms with van der Waals surface area (Å²) in [5, 5.41) is 16.8. The van der Waals surface area contributed by atoms with Crippen LogP contribution in [-0.2, 0) is 5.60 Å². The molecule has 4 rings (SSSR count). The smallest absolute Gasteiger partial charge is 0.321 e. The minimum Gasteiger partial charge on any atom is -0.496 e. The summed E-state index contributed by atoms with van der Waals surface area (Å²) in [6.45, 7) is 0.866. The van der Waals surface area contributed by atoms with Crippen LogP contribution in [0.25, 0.3) is 0 Å². The van der Waals surface area contributed by atoms with Gasteiger partial charge in [0.2, 0.25) is 0 Å². The second-order valence-electron chi connectivity index (χ2n) is 8.19. The van der Waals surface area contributed by atoms with Gasteiger partial charge < -0.3 is 25.4 Å². The lowest BCUT2D eigenvalue weighted by atomic mass is 9.84. The minimum absolute atomic E-state index is 0.244. The van der Waals surface area contributed by atoms with Gasteiger partial charge in [-0.25, -0.2) is 4.79 Å². The first-order valence-electron chi connectivity index (χ1n) is 11.0. The van der Waals surface area contributed by atoms with Crippen LogP contribution in [0, 0.1) is 0 Å². The van der Waals surface area contributed by atoms with Gasteiger partial charge in [0, 0.05) is 28.9 Å². The summed E-state index contributed by atoms with van der Waals surface area (Å²) in [6, 6.07) is 21.3. The third kappa shape index (κ3) is 5.40. The number of piperidine rings is 1. The van der Waals surface area contributed by atoms with Crippen LogP contribution in [-0.4, -0.2) is 42.1 Å². The molecule has 3 N–H and O–H groups in total. The van der Waals surface area contributed by atoms with E-state index in [1.165, 1.54) is 7.11 Å². The molecule has 8 heteroatoms. The van der Waals surface area contributed by atoms with E-state index in [9.17, 15) is 14.7 Å². The van der Waals surface area contributed by atoms with Crippen LogP contribution >= 0.6 is 15.9 Å². The first kappa shape index (κ1) is 23.8. The van der Waals surface area contributed by atoms with Crippen molar-refractivity contribution < 1.29 is 19.4 Å². The summed E-state index contributed by atoms with van der Waals surface area (Å²) in [7, 11) is 1.52. The van der Waals surface area contributed by atoms with Crippen molar-refractivity contribution in [2.75, 3.05) is 30.8 Å². The minimum atomic E-state index is -0.944. The second-order valence-corrected chi connectivity index (χ2v) is 9.11. The van der Waals surface area contributed by atoms with Crippen molar-refractivity contribution >= 4 is 39.2 Å². The molecule has 34 heavy (non-hydrogen) atoms. The Balaban J connectivity index is 1.36. The van der Waals surface area contributed by atoms with Crippen molar-refractivity contribution in [3.63, 3.8) is 0 Å². The van der Waals surface area contributed by atoms with Crippen LogP contribution in [0.3, 0.4) is 0 Å². The first-order chi connectivity index (χ1) is 16.4. The molecule has 1 heterocycles. The highest BCUT2D eigenvalue weighted by atomic mass is 79.9. The lowest BCUT2D eigenvalue weighted by Crippen LogP contribution is -2.46. The molecule has 0 aromatic heterocycles. The van der Waals surface area contributed by atoms with E-state index in [4.69, 9.17) is 4.74 Å². The Morgan fingerprint density at radius 2 is 1.59 bits per heavy atom. The fraction of sp³-hybridized carbons (Fsp3) is 0.231. The number of halogens is 1. The predicted octanol–water partition coefficient (Wildman–Crippen LogP) is 5.23. The number of urea groups is 1. The highest BCUT2D eigenvalue weighted by Crippen LogP contribution is 2.33. The van der Waals surface area contributed by atoms with Crippen molar-refractivity contribution in [2.24, 2.45) is 0 Å². The predicted molar refractivity (Wildman–Crippen MR) is 135 cm³/mol. The summed E-state index contributed by atoms with van der Waals surface area (Å²) in [5.41, 5.74) is 1.45. The molecule has 0 atom stereocenters. The lowest BCUT2D eigenvalue weighted by Gasteiger charge is -2.38. The monoisotopic (exact) mass is 523 g/mol. The zero-order valence-corrected chi connectivity index (χ0v) is 20.3. The summed E-state index contributed by atoms with van der Waals surface area (Å²) >= 11 is 3.41. The molecule has 0 saturated carbocycles. The van der Waals surface area contributed by atoms with Crippen LogP contribution in [0.1, 0.15) is 28.8 Å². The fourth-order valence-electron chi connectivity index (χ4n) is 4.04. The Kier molecular flexibility index (Phi) is 7.19. The molecule has 176 valence electrons. The van der Waals surface area contributed by atoms with Gasteiger partial charge in [0.1, 0.15) is 5.75 Å². The highest BCUT2D eigenvalue weighted by Gasteiger charge is 2.35. The van der Waals surface area contributed by atoms with Gasteiger partial charge in [0.05, 0.1) is 18.3 Å². The third-order valence-corrected chi connectivity index (χ3v) is 6.51. The Labute approximate surface area is 206 Å². The molecule has 3 aromatic rings. The molecule has 0 radical (unpaired) electrons. The second kappa shape index (κ2) is 10.3. The van der Waals surface area contributed by atoms with Crippen molar-refractivity contribution in [1.29, 1.82) is 0 Å². The van der Waals surface area contributed by atoms with E-state index in [1.54, 1.807) is 53.4 Å². The first-order valence-corrected chi connectivity index (χ1v) is 11.8. The molecule has 0 spiro atoms. The number of para-hydroxylation sites is 1. The number of benzene rings is 3. The van der Waals surface area contributed by atoms with Gasteiger partial charge in [-0.2, -0.15) is 0 Å². The number of hydrogen-bond donors (Lipinski definition) is 3. The Morgan fingerprint density at radius 3 is 2.26 bits per heavy atom. The van der Waals surface area contributed by atoms with Gasteiger partial charge in [-0.1, -0.05) is 46.3 Å². The Morgan fingerprint density at radius 1 is 0.941 bits per heavy atom. The van der Waals surface area contributed by atoms with E-state index in [1.807, 2.05) is 24.3 Å². The SMILES string of the molecule is COc1ccccc1C(=O)Nc1cccc(NC(=O)N2CCC(O)(c3ccc(Br)cc3)CC2)c1. The van der Waals surface area contributed by atoms with E-state index in [2.05, 4.69) is 26.6 Å². The Bertz CT molecular complexity index is 1170. The lowest BCUT2D eigenvalue weighted by molar-refractivity contribution is -0.0157. The number of carbonyl (C=O) groups excluding carboxylic acids is 2. The van der Waals surface area contributed by atoms with Gasteiger partial charge in [-0.3, -0.25) is 4.79 Å². The number of hydrogen-bond acceptors (Lipinski definition) is 4. The summed E-state index contributed by atoms with van der Waals surface area (Å²) < 4.78 is 6.21. The number of anilines is 2. The number of aliphatic hydroxyl groups is 1. The van der Waals surface area contributed by atoms with Gasteiger partial charge in [-0.05, 0) is 60.9 Å². The standard InChI is InChI=1S/C26H26BrN3O4/c1-34-23-8-3-2-7-22(23)24(31)28-20-5-4-6-21(17-20)29-25(32)30-15-13-26(33,14-16-30)18-9-11-19(27)12-10-18/h2-12,17,33H,13-16H2,1H3,(H,28,31)(H,29,32). The average Bonchev–Trinajstić information content (AvgIpc) is 2.85. The van der Waals surface area contributed by atoms with Gasteiger partial charge in [0.25, 0.3) is 5.91 Å². The zero-order valence-electron chi connectivity index (χ0n) is 18.8. The molecule has 0 aliphatic carbocycles. The fourth-order valence-corrected chi connectivity index (χ4v) is 4.30. The van der Waals surface area contributed by atoms with Crippen LogP contribution < -0.4 is 15.4 Å². The summed E-state index contributed by atoms with van der Waals surface area (Å²) in [4.78, 5) is 27.2. The van der Waals surface area contributed by atoms with Gasteiger partial charge >= 0.3 is 6.03 Å². The Hall–Kier alpha value is -3.36. The zero-order chi connectivity index (χ0) is 24.1. The number of rotatable bonds is 5. The van der Waals surface area contributed by atoms with Gasteiger partial charge in [-0.15, -0.1) is 0 Å². The number of amides is 3. The molecule has 1 saturated heterocycles. The number of nitrogens with zero attached hydrogens (tertiary/aromatic N) is 1. The molecule has 0 unspecified atom stereocenters. The third-order valence-electron chi connectivity index (χ3n) is 5.98. The van der Waals surface area contributed by atoms with E-state index < -0.39 is 5.60 Å². The van der Waals surface area contributed by atoms with Crippen LogP contribution in [0.2, 0.25) is 0 Å². The summed E-state index contributed by atoms with van der Waals surface area (Å²) in [6.07, 6.45) is 0.911. The van der Waals surface area contributed by atoms with Crippen molar-refractivity contribution in [3.05, 3.63) is 88.4 Å². The maximum atomic E-state index is 12.8. The maximum Gasteiger partial charge on any atom is 0.321 e. The van der Waals surface area contributed by atoms with Crippen molar-refractivity contribution in [2.45, 2.75) is 18.4 Å². The molecule has 1 aliphatic heterocycles. The summed E-state index contributed by atoms with van der Waals surface area (Å²) in [5.74, 6) is 0.182. The van der Waals surface area contributed by atoms with Crippen LogP contribution in [0.4, 0.5) is 16.2 Å². The van der Waals surface area contributed by atoms with Crippen molar-refractivity contribution in [3.8, 4) is 5.75 Å². The van der Waals surface area contributed by atoms with Gasteiger partial charge in [0.15, 0.2) is 0 Å². The topological polar surface area (TPSA) is 90.9 Å². The van der Waals surface area contributed by atoms with E-state index in [0.29, 0.717) is 48.6 Å². The van der Waals surface area contributed by atoms with Crippen LogP contribution in [0.5, 0.6) is 5.75 Å². The largest absolute Gasteiger partial charge is 0.496 e. The van der Waals surface area contributed by atoms with E-state index in [-0.39, 0.29) is 11.9 Å². The molecule has 7 nitrogen and oxygen atoms in total. The normalized spacial score (nSPS) is 14.9. The van der Waals surface area contributed by atoms with Crippen LogP contribution in [0.15, 0.2) is 77.3 Å². The van der Waals surface area contributed by atoms with Crippen molar-refractivity contribution in [1.82, 2.24) is 4.90 Å². The molecular formula is C26H26BrN3O4. The number of likely N-dealkylation sites (tertiary alicyclic amines) is 1. The number of nitrogens with one attached hydrogen (secondary N) is 2. The molecule has 1 fully saturated rings. The average molecular weight is 524 g/mol. The molecule has 3 aromatic carbocycles.